The van der Waals surface area contributed by atoms with E-state index in [2.05, 4.69) is 31.1 Å². The van der Waals surface area contributed by atoms with E-state index in [1.54, 1.807) is 17.4 Å². The molecule has 0 radical (unpaired) electrons. The van der Waals surface area contributed by atoms with Crippen LogP contribution in [-0.2, 0) is 0 Å². The van der Waals surface area contributed by atoms with Crippen molar-refractivity contribution in [2.75, 3.05) is 13.1 Å². The van der Waals surface area contributed by atoms with Gasteiger partial charge in [0.2, 0.25) is 0 Å². The zero-order chi connectivity index (χ0) is 22.9. The molecule has 1 fully saturated rings. The van der Waals surface area contributed by atoms with E-state index < -0.39 is 11.9 Å². The maximum Gasteiger partial charge on any atom is 0.304 e. The van der Waals surface area contributed by atoms with Crippen LogP contribution in [0.3, 0.4) is 0 Å². The Morgan fingerprint density at radius 2 is 2.03 bits per heavy atom. The molecule has 0 spiro atoms. The summed E-state index contributed by atoms with van der Waals surface area (Å²) in [6.45, 7) is 5.78. The summed E-state index contributed by atoms with van der Waals surface area (Å²) < 4.78 is 23.0. The van der Waals surface area contributed by atoms with E-state index in [4.69, 9.17) is 9.72 Å². The van der Waals surface area contributed by atoms with Crippen molar-refractivity contribution in [2.45, 2.75) is 38.8 Å². The van der Waals surface area contributed by atoms with Gasteiger partial charge in [-0.2, -0.15) is 15.3 Å². The van der Waals surface area contributed by atoms with Crippen LogP contribution in [-0.4, -0.2) is 42.2 Å². The number of piperidine rings is 1. The summed E-state index contributed by atoms with van der Waals surface area (Å²) in [5, 5.41) is 17.6. The number of nitriles is 1. The van der Waals surface area contributed by atoms with Crippen LogP contribution in [0, 0.1) is 24.1 Å². The molecule has 33 heavy (non-hydrogen) atoms. The molecule has 168 valence electrons. The molecule has 5 heterocycles. The predicted molar refractivity (Wildman–Crippen MR) is 118 cm³/mol. The SMILES string of the molecule is Cc1c(-c2cc3ncc(C#N)n3c(O[C@H](C)c3ccc(F)cn3)n2)cnn1C1CCNCC1. The van der Waals surface area contributed by atoms with Gasteiger partial charge in [-0.3, -0.25) is 9.67 Å². The number of aromatic nitrogens is 6. The minimum absolute atomic E-state index is 0.212. The van der Waals surface area contributed by atoms with Crippen molar-refractivity contribution >= 4 is 5.65 Å². The fourth-order valence-corrected chi connectivity index (χ4v) is 4.21. The first-order valence-corrected chi connectivity index (χ1v) is 10.9. The Morgan fingerprint density at radius 1 is 1.21 bits per heavy atom. The van der Waals surface area contributed by atoms with Crippen molar-refractivity contribution in [1.82, 2.24) is 34.4 Å². The molecule has 4 aromatic heterocycles. The summed E-state index contributed by atoms with van der Waals surface area (Å²) in [6, 6.07) is 7.40. The second kappa shape index (κ2) is 8.60. The van der Waals surface area contributed by atoms with Crippen LogP contribution < -0.4 is 10.1 Å². The summed E-state index contributed by atoms with van der Waals surface area (Å²) in [5.41, 5.74) is 3.95. The average Bonchev–Trinajstić information content (AvgIpc) is 3.43. The fraction of sp³-hybridized carbons (Fsp3) is 0.348. The van der Waals surface area contributed by atoms with E-state index >= 15 is 0 Å². The second-order valence-corrected chi connectivity index (χ2v) is 8.10. The molecule has 0 saturated carbocycles. The minimum Gasteiger partial charge on any atom is -0.455 e. The van der Waals surface area contributed by atoms with Gasteiger partial charge in [0.1, 0.15) is 29.3 Å². The minimum atomic E-state index is -0.524. The number of imidazole rings is 1. The van der Waals surface area contributed by atoms with E-state index in [1.807, 2.05) is 19.2 Å². The number of hydrogen-bond acceptors (Lipinski definition) is 7. The number of halogens is 1. The highest BCUT2D eigenvalue weighted by molar-refractivity contribution is 5.66. The molecule has 0 aliphatic carbocycles. The molecule has 0 aromatic carbocycles. The molecule has 0 bridgehead atoms. The molecule has 5 rings (SSSR count). The van der Waals surface area contributed by atoms with Crippen molar-refractivity contribution in [1.29, 1.82) is 5.26 Å². The molecule has 1 aliphatic heterocycles. The average molecular weight is 446 g/mol. The third-order valence-corrected chi connectivity index (χ3v) is 6.00. The Bertz CT molecular complexity index is 1330. The van der Waals surface area contributed by atoms with E-state index in [0.717, 1.165) is 43.4 Å². The van der Waals surface area contributed by atoms with Crippen molar-refractivity contribution in [2.24, 2.45) is 0 Å². The molecule has 4 aromatic rings. The third-order valence-electron chi connectivity index (χ3n) is 6.00. The van der Waals surface area contributed by atoms with Crippen molar-refractivity contribution < 1.29 is 9.13 Å². The molecule has 0 unspecified atom stereocenters. The van der Waals surface area contributed by atoms with Crippen molar-refractivity contribution in [3.63, 3.8) is 0 Å². The van der Waals surface area contributed by atoms with Gasteiger partial charge >= 0.3 is 6.01 Å². The van der Waals surface area contributed by atoms with Gasteiger partial charge in [0.15, 0.2) is 0 Å². The molecule has 1 saturated heterocycles. The summed E-state index contributed by atoms with van der Waals surface area (Å²) in [4.78, 5) is 13.2. The smallest absolute Gasteiger partial charge is 0.304 e. The lowest BCUT2D eigenvalue weighted by molar-refractivity contribution is 0.200. The van der Waals surface area contributed by atoms with Crippen LogP contribution in [0.5, 0.6) is 6.01 Å². The number of rotatable bonds is 5. The highest BCUT2D eigenvalue weighted by Gasteiger charge is 2.22. The highest BCUT2D eigenvalue weighted by atomic mass is 19.1. The number of nitrogens with zero attached hydrogens (tertiary/aromatic N) is 7. The lowest BCUT2D eigenvalue weighted by atomic mass is 10.1. The molecule has 1 atom stereocenters. The summed E-state index contributed by atoms with van der Waals surface area (Å²) >= 11 is 0. The Labute approximate surface area is 189 Å². The van der Waals surface area contributed by atoms with Gasteiger partial charge in [-0.1, -0.05) is 0 Å². The zero-order valence-electron chi connectivity index (χ0n) is 18.4. The lowest BCUT2D eigenvalue weighted by Gasteiger charge is -2.24. The molecule has 9 nitrogen and oxygen atoms in total. The first-order valence-electron chi connectivity index (χ1n) is 10.9. The predicted octanol–water partition coefficient (Wildman–Crippen LogP) is 3.37. The molecule has 0 amide bonds. The monoisotopic (exact) mass is 446 g/mol. The van der Waals surface area contributed by atoms with Crippen LogP contribution in [0.25, 0.3) is 16.9 Å². The first-order chi connectivity index (χ1) is 16.0. The normalized spacial score (nSPS) is 15.5. The van der Waals surface area contributed by atoms with Crippen molar-refractivity contribution in [3.05, 3.63) is 59.7 Å². The maximum absolute atomic E-state index is 13.3. The van der Waals surface area contributed by atoms with Crippen molar-refractivity contribution in [3.8, 4) is 23.3 Å². The quantitative estimate of drug-likeness (QED) is 0.501. The molecule has 1 N–H and O–H groups in total. The second-order valence-electron chi connectivity index (χ2n) is 8.10. The number of fused-ring (bicyclic) bond motifs is 1. The zero-order valence-corrected chi connectivity index (χ0v) is 18.4. The van der Waals surface area contributed by atoms with E-state index in [-0.39, 0.29) is 6.01 Å². The van der Waals surface area contributed by atoms with Gasteiger partial charge in [-0.05, 0) is 51.9 Å². The third kappa shape index (κ3) is 3.91. The Hall–Kier alpha value is -3.84. The highest BCUT2D eigenvalue weighted by Crippen LogP contribution is 2.30. The Balaban J connectivity index is 1.55. The van der Waals surface area contributed by atoms with E-state index in [1.165, 1.54) is 12.3 Å². The van der Waals surface area contributed by atoms with Crippen LogP contribution in [0.1, 0.15) is 49.0 Å². The molecule has 10 heteroatoms. The Kier molecular flexibility index (Phi) is 5.48. The lowest BCUT2D eigenvalue weighted by Crippen LogP contribution is -2.30. The molecule has 1 aliphatic rings. The summed E-state index contributed by atoms with van der Waals surface area (Å²) in [7, 11) is 0. The topological polar surface area (TPSA) is 106 Å². The molecular weight excluding hydrogens is 423 g/mol. The fourth-order valence-electron chi connectivity index (χ4n) is 4.21. The van der Waals surface area contributed by atoms with Gasteiger partial charge in [-0.25, -0.2) is 13.8 Å². The maximum atomic E-state index is 13.3. The van der Waals surface area contributed by atoms with Crippen LogP contribution in [0.15, 0.2) is 36.8 Å². The molecular formula is C23H23FN8O. The largest absolute Gasteiger partial charge is 0.455 e. The van der Waals surface area contributed by atoms with E-state index in [9.17, 15) is 9.65 Å². The number of pyridine rings is 1. The van der Waals surface area contributed by atoms with Crippen LogP contribution in [0.2, 0.25) is 0 Å². The van der Waals surface area contributed by atoms with Gasteiger partial charge in [0.05, 0.1) is 36.0 Å². The van der Waals surface area contributed by atoms with Gasteiger partial charge in [-0.15, -0.1) is 0 Å². The van der Waals surface area contributed by atoms with Gasteiger partial charge < -0.3 is 10.1 Å². The number of hydrogen-bond donors (Lipinski definition) is 1. The van der Waals surface area contributed by atoms with Gasteiger partial charge in [0.25, 0.3) is 0 Å². The van der Waals surface area contributed by atoms with E-state index in [0.29, 0.717) is 28.8 Å². The van der Waals surface area contributed by atoms with Gasteiger partial charge in [0, 0.05) is 17.3 Å². The summed E-state index contributed by atoms with van der Waals surface area (Å²) in [5.74, 6) is -0.420. The number of ether oxygens (including phenoxy) is 1. The first kappa shape index (κ1) is 21.0. The Morgan fingerprint density at radius 3 is 2.76 bits per heavy atom. The standard InChI is InChI=1S/C23H23FN8O/c1-14-19(13-29-32(14)17-5-7-26-8-6-17)21-9-22-28-12-18(10-25)31(22)23(30-21)33-15(2)20-4-3-16(24)11-27-20/h3-4,9,11-13,15,17,26H,5-8H2,1-2H3/t15-/m1/s1. The summed E-state index contributed by atoms with van der Waals surface area (Å²) in [6.07, 6.45) is 5.97. The number of nitrogens with one attached hydrogen (secondary N) is 1. The van der Waals surface area contributed by atoms with Crippen LogP contribution in [0.4, 0.5) is 4.39 Å². The van der Waals surface area contributed by atoms with Crippen LogP contribution >= 0.6 is 0 Å².